The molecule has 1 N–H and O–H groups in total. The fourth-order valence-electron chi connectivity index (χ4n) is 3.48. The molecule has 2 heteroatoms. The molecule has 2 atom stereocenters. The van der Waals surface area contributed by atoms with Crippen molar-refractivity contribution in [1.29, 1.82) is 0 Å². The Kier molecular flexibility index (Phi) is 5.49. The van der Waals surface area contributed by atoms with E-state index in [1.54, 1.807) is 0 Å². The number of rotatable bonds is 6. The fourth-order valence-corrected chi connectivity index (χ4v) is 3.48. The highest BCUT2D eigenvalue weighted by atomic mass is 15.1. The average Bonchev–Trinajstić information content (AvgIpc) is 2.59. The first-order valence-electron chi connectivity index (χ1n) is 8.54. The summed E-state index contributed by atoms with van der Waals surface area (Å²) in [5, 5.41) is 3.73. The molecule has 0 bridgehead atoms. The molecule has 0 amide bonds. The molecule has 0 aromatic heterocycles. The number of para-hydroxylation sites is 1. The van der Waals surface area contributed by atoms with Gasteiger partial charge >= 0.3 is 0 Å². The molecule has 1 heterocycles. The highest BCUT2D eigenvalue weighted by Crippen LogP contribution is 2.25. The van der Waals surface area contributed by atoms with Crippen LogP contribution < -0.4 is 5.32 Å². The summed E-state index contributed by atoms with van der Waals surface area (Å²) in [5.74, 6) is 0.616. The molecule has 2 aromatic rings. The minimum Gasteiger partial charge on any atom is -0.382 e. The minimum atomic E-state index is 0.530. The van der Waals surface area contributed by atoms with Crippen LogP contribution in [0, 0.1) is 5.92 Å². The Bertz CT molecular complexity index is 594. The van der Waals surface area contributed by atoms with Crippen molar-refractivity contribution in [3.05, 3.63) is 78.9 Å². The molecule has 2 nitrogen and oxygen atoms in total. The molecule has 120 valence electrons. The topological polar surface area (TPSA) is 15.3 Å². The Balaban J connectivity index is 1.62. The highest BCUT2D eigenvalue weighted by Gasteiger charge is 2.28. The third kappa shape index (κ3) is 4.46. The first-order valence-corrected chi connectivity index (χ1v) is 8.54. The zero-order valence-corrected chi connectivity index (χ0v) is 13.7. The maximum atomic E-state index is 3.96. The molecular formula is C21H26N2. The molecule has 2 unspecified atom stereocenters. The molecule has 0 spiro atoms. The second kappa shape index (κ2) is 7.98. The van der Waals surface area contributed by atoms with Crippen LogP contribution in [-0.4, -0.2) is 24.0 Å². The quantitative estimate of drug-likeness (QED) is 0.787. The van der Waals surface area contributed by atoms with E-state index in [1.165, 1.54) is 17.7 Å². The van der Waals surface area contributed by atoms with E-state index in [2.05, 4.69) is 83.5 Å². The summed E-state index contributed by atoms with van der Waals surface area (Å²) >= 11 is 0. The number of likely N-dealkylation sites (tertiary alicyclic amines) is 1. The van der Waals surface area contributed by atoms with E-state index in [4.69, 9.17) is 0 Å². The smallest absolute Gasteiger partial charge is 0.0342 e. The normalized spacial score (nSPS) is 21.7. The maximum Gasteiger partial charge on any atom is 0.0342 e. The van der Waals surface area contributed by atoms with Gasteiger partial charge in [-0.05, 0) is 36.5 Å². The minimum absolute atomic E-state index is 0.530. The number of hydrogen-bond acceptors (Lipinski definition) is 2. The van der Waals surface area contributed by atoms with E-state index < -0.39 is 0 Å². The van der Waals surface area contributed by atoms with Gasteiger partial charge < -0.3 is 5.32 Å². The van der Waals surface area contributed by atoms with Crippen molar-refractivity contribution < 1.29 is 0 Å². The van der Waals surface area contributed by atoms with Crippen LogP contribution in [0.4, 0.5) is 5.69 Å². The van der Waals surface area contributed by atoms with Crippen LogP contribution in [0.15, 0.2) is 73.3 Å². The molecule has 1 saturated heterocycles. The lowest BCUT2D eigenvalue weighted by atomic mass is 9.88. The van der Waals surface area contributed by atoms with Crippen LogP contribution in [0.3, 0.4) is 0 Å². The molecular weight excluding hydrogens is 280 g/mol. The number of anilines is 1. The maximum absolute atomic E-state index is 3.96. The SMILES string of the molecule is C=CCC1CN(Cc2ccccc2)CCC1Nc1ccccc1. The molecule has 2 aromatic carbocycles. The standard InChI is InChI=1S/C21H26N2/c1-2-9-19-17-23(16-18-10-5-3-6-11-18)15-14-21(19)22-20-12-7-4-8-13-20/h2-8,10-13,19,21-22H,1,9,14-17H2. The van der Waals surface area contributed by atoms with Crippen LogP contribution in [0.2, 0.25) is 0 Å². The van der Waals surface area contributed by atoms with Crippen LogP contribution >= 0.6 is 0 Å². The zero-order valence-electron chi connectivity index (χ0n) is 13.7. The third-order valence-electron chi connectivity index (χ3n) is 4.66. The lowest BCUT2D eigenvalue weighted by Gasteiger charge is -2.39. The van der Waals surface area contributed by atoms with Crippen LogP contribution in [0.5, 0.6) is 0 Å². The summed E-state index contributed by atoms with van der Waals surface area (Å²) in [4.78, 5) is 2.58. The molecule has 3 rings (SSSR count). The largest absolute Gasteiger partial charge is 0.382 e. The summed E-state index contributed by atoms with van der Waals surface area (Å²) in [6.07, 6.45) is 4.31. The molecule has 1 fully saturated rings. The lowest BCUT2D eigenvalue weighted by Crippen LogP contribution is -2.45. The summed E-state index contributed by atoms with van der Waals surface area (Å²) in [6.45, 7) is 7.28. The monoisotopic (exact) mass is 306 g/mol. The van der Waals surface area contributed by atoms with Crippen molar-refractivity contribution in [3.63, 3.8) is 0 Å². The van der Waals surface area contributed by atoms with Crippen LogP contribution in [0.1, 0.15) is 18.4 Å². The Morgan fingerprint density at radius 1 is 1.04 bits per heavy atom. The molecule has 0 radical (unpaired) electrons. The summed E-state index contributed by atoms with van der Waals surface area (Å²) in [7, 11) is 0. The van der Waals surface area contributed by atoms with Gasteiger partial charge in [-0.2, -0.15) is 0 Å². The number of hydrogen-bond donors (Lipinski definition) is 1. The summed E-state index contributed by atoms with van der Waals surface area (Å²) in [5.41, 5.74) is 2.63. The van der Waals surface area contributed by atoms with Gasteiger partial charge in [-0.1, -0.05) is 54.6 Å². The van der Waals surface area contributed by atoms with Gasteiger partial charge in [-0.3, -0.25) is 4.90 Å². The molecule has 0 aliphatic carbocycles. The summed E-state index contributed by atoms with van der Waals surface area (Å²) in [6, 6.07) is 21.9. The molecule has 0 saturated carbocycles. The number of nitrogens with zero attached hydrogens (tertiary/aromatic N) is 1. The Morgan fingerprint density at radius 2 is 1.74 bits per heavy atom. The Labute approximate surface area is 139 Å². The predicted molar refractivity (Wildman–Crippen MR) is 98.5 cm³/mol. The van der Waals surface area contributed by atoms with E-state index >= 15 is 0 Å². The van der Waals surface area contributed by atoms with E-state index in [1.807, 2.05) is 0 Å². The zero-order chi connectivity index (χ0) is 15.9. The van der Waals surface area contributed by atoms with Crippen LogP contribution in [-0.2, 0) is 6.54 Å². The van der Waals surface area contributed by atoms with Gasteiger partial charge in [0.05, 0.1) is 0 Å². The van der Waals surface area contributed by atoms with Crippen molar-refractivity contribution in [2.75, 3.05) is 18.4 Å². The number of allylic oxidation sites excluding steroid dienone is 1. The van der Waals surface area contributed by atoms with E-state index in [0.29, 0.717) is 12.0 Å². The van der Waals surface area contributed by atoms with Gasteiger partial charge in [0.1, 0.15) is 0 Å². The highest BCUT2D eigenvalue weighted by molar-refractivity contribution is 5.43. The molecule has 1 aliphatic rings. The van der Waals surface area contributed by atoms with Gasteiger partial charge in [0, 0.05) is 31.4 Å². The van der Waals surface area contributed by atoms with E-state index in [0.717, 1.165) is 26.1 Å². The van der Waals surface area contributed by atoms with Gasteiger partial charge in [0.15, 0.2) is 0 Å². The first kappa shape index (κ1) is 15.8. The Morgan fingerprint density at radius 3 is 2.43 bits per heavy atom. The molecule has 23 heavy (non-hydrogen) atoms. The van der Waals surface area contributed by atoms with Crippen molar-refractivity contribution in [3.8, 4) is 0 Å². The summed E-state index contributed by atoms with van der Waals surface area (Å²) < 4.78 is 0. The van der Waals surface area contributed by atoms with Gasteiger partial charge in [-0.25, -0.2) is 0 Å². The predicted octanol–water partition coefficient (Wildman–Crippen LogP) is 4.57. The van der Waals surface area contributed by atoms with Gasteiger partial charge in [0.25, 0.3) is 0 Å². The average molecular weight is 306 g/mol. The molecule has 1 aliphatic heterocycles. The second-order valence-corrected chi connectivity index (χ2v) is 6.41. The number of benzene rings is 2. The second-order valence-electron chi connectivity index (χ2n) is 6.41. The Hall–Kier alpha value is -2.06. The van der Waals surface area contributed by atoms with Crippen LogP contribution in [0.25, 0.3) is 0 Å². The number of nitrogens with one attached hydrogen (secondary N) is 1. The van der Waals surface area contributed by atoms with Crippen molar-refractivity contribution in [2.45, 2.75) is 25.4 Å². The van der Waals surface area contributed by atoms with E-state index in [-0.39, 0.29) is 0 Å². The van der Waals surface area contributed by atoms with Gasteiger partial charge in [0.2, 0.25) is 0 Å². The van der Waals surface area contributed by atoms with Crippen molar-refractivity contribution in [2.24, 2.45) is 5.92 Å². The van der Waals surface area contributed by atoms with Crippen molar-refractivity contribution in [1.82, 2.24) is 4.90 Å². The van der Waals surface area contributed by atoms with Gasteiger partial charge in [-0.15, -0.1) is 6.58 Å². The fraction of sp³-hybridized carbons (Fsp3) is 0.333. The third-order valence-corrected chi connectivity index (χ3v) is 4.66. The first-order chi connectivity index (χ1) is 11.3. The van der Waals surface area contributed by atoms with Crippen molar-refractivity contribution >= 4 is 5.69 Å². The van der Waals surface area contributed by atoms with E-state index in [9.17, 15) is 0 Å². The number of piperidine rings is 1. The lowest BCUT2D eigenvalue weighted by molar-refractivity contribution is 0.156.